The molecule has 148 valence electrons. The minimum atomic E-state index is -1.07. The van der Waals surface area contributed by atoms with Crippen LogP contribution >= 0.6 is 0 Å². The highest BCUT2D eigenvalue weighted by Gasteiger charge is 2.40. The van der Waals surface area contributed by atoms with Crippen LogP contribution in [0.15, 0.2) is 30.3 Å². The summed E-state index contributed by atoms with van der Waals surface area (Å²) in [6.45, 7) is 7.18. The lowest BCUT2D eigenvalue weighted by molar-refractivity contribution is -0.149. The lowest BCUT2D eigenvalue weighted by Gasteiger charge is -2.41. The van der Waals surface area contributed by atoms with Gasteiger partial charge in [-0.2, -0.15) is 0 Å². The van der Waals surface area contributed by atoms with Gasteiger partial charge in [0.15, 0.2) is 0 Å². The molecule has 0 spiro atoms. The summed E-state index contributed by atoms with van der Waals surface area (Å²) >= 11 is 0. The quantitative estimate of drug-likeness (QED) is 0.853. The third-order valence-electron chi connectivity index (χ3n) is 4.47. The van der Waals surface area contributed by atoms with Crippen LogP contribution in [0.1, 0.15) is 52.1 Å². The second-order valence-electron chi connectivity index (χ2n) is 7.79. The third kappa shape index (κ3) is 5.45. The maximum absolute atomic E-state index is 13.0. The van der Waals surface area contributed by atoms with E-state index in [-0.39, 0.29) is 18.5 Å². The number of nitrogens with zero attached hydrogens (tertiary/aromatic N) is 2. The highest BCUT2D eigenvalue weighted by atomic mass is 16.6. The van der Waals surface area contributed by atoms with Crippen molar-refractivity contribution in [2.75, 3.05) is 13.1 Å². The van der Waals surface area contributed by atoms with E-state index in [0.29, 0.717) is 19.4 Å². The first-order valence-electron chi connectivity index (χ1n) is 9.17. The average Bonchev–Trinajstić information content (AvgIpc) is 2.57. The number of aliphatic carboxylic acids is 1. The number of carboxylic acids is 1. The molecule has 2 rings (SSSR count). The van der Waals surface area contributed by atoms with Crippen LogP contribution < -0.4 is 0 Å². The number of hydrogen-bond acceptors (Lipinski definition) is 4. The van der Waals surface area contributed by atoms with Crippen LogP contribution in [0.4, 0.5) is 4.79 Å². The summed E-state index contributed by atoms with van der Waals surface area (Å²) in [5.41, 5.74) is 0.177. The van der Waals surface area contributed by atoms with Gasteiger partial charge in [-0.05, 0) is 46.1 Å². The Hall–Kier alpha value is -2.57. The fraction of sp³-hybridized carbons (Fsp3) is 0.550. The molecule has 1 heterocycles. The zero-order chi connectivity index (χ0) is 20.2. The van der Waals surface area contributed by atoms with Gasteiger partial charge in [0.25, 0.3) is 0 Å². The minimum Gasteiger partial charge on any atom is -0.480 e. The molecule has 1 N–H and O–H groups in total. The summed E-state index contributed by atoms with van der Waals surface area (Å²) in [5.74, 6) is -1.42. The summed E-state index contributed by atoms with van der Waals surface area (Å²) in [4.78, 5) is 39.7. The van der Waals surface area contributed by atoms with E-state index >= 15 is 0 Å². The van der Waals surface area contributed by atoms with Crippen molar-refractivity contribution in [3.63, 3.8) is 0 Å². The zero-order valence-electron chi connectivity index (χ0n) is 16.3. The number of rotatable bonds is 5. The summed E-state index contributed by atoms with van der Waals surface area (Å²) in [6, 6.07) is 8.28. The molecule has 0 aromatic heterocycles. The van der Waals surface area contributed by atoms with Crippen molar-refractivity contribution < 1.29 is 24.2 Å². The fourth-order valence-electron chi connectivity index (χ4n) is 3.26. The van der Waals surface area contributed by atoms with E-state index in [2.05, 4.69) is 0 Å². The van der Waals surface area contributed by atoms with E-state index < -0.39 is 23.7 Å². The number of hydrogen-bond donors (Lipinski definition) is 1. The molecule has 7 heteroatoms. The van der Waals surface area contributed by atoms with Crippen LogP contribution in [0.2, 0.25) is 0 Å². The first kappa shape index (κ1) is 20.7. The van der Waals surface area contributed by atoms with E-state index in [0.717, 1.165) is 5.56 Å². The van der Waals surface area contributed by atoms with Gasteiger partial charge in [0.1, 0.15) is 18.2 Å². The topological polar surface area (TPSA) is 87.2 Å². The minimum absolute atomic E-state index is 0.350. The molecule has 0 bridgehead atoms. The summed E-state index contributed by atoms with van der Waals surface area (Å²) in [6.07, 6.45) is 0.532. The standard InChI is InChI=1S/C20H28N2O5/c1-14(15-9-6-5-7-10-15)22(19(26)27-20(2,3)4)16-11-8-12-21(18(16)25)13-17(23)24/h5-7,9-10,14,16H,8,11-13H2,1-4H3,(H,23,24)/t14?,16-/m0/s1. The van der Waals surface area contributed by atoms with E-state index in [1.165, 1.54) is 9.80 Å². The Bertz CT molecular complexity index is 683. The molecule has 1 saturated heterocycles. The third-order valence-corrected chi connectivity index (χ3v) is 4.47. The van der Waals surface area contributed by atoms with Crippen molar-refractivity contribution >= 4 is 18.0 Å². The molecular formula is C20H28N2O5. The van der Waals surface area contributed by atoms with Gasteiger partial charge >= 0.3 is 12.1 Å². The van der Waals surface area contributed by atoms with Crippen LogP contribution in [0, 0.1) is 0 Å². The number of piperidine rings is 1. The van der Waals surface area contributed by atoms with Crippen LogP contribution in [0.25, 0.3) is 0 Å². The van der Waals surface area contributed by atoms with Crippen molar-refractivity contribution in [2.24, 2.45) is 0 Å². The van der Waals surface area contributed by atoms with Gasteiger partial charge in [-0.25, -0.2) is 4.79 Å². The monoisotopic (exact) mass is 376 g/mol. The number of carboxylic acid groups (broad SMARTS) is 1. The van der Waals surface area contributed by atoms with Gasteiger partial charge in [-0.3, -0.25) is 14.5 Å². The van der Waals surface area contributed by atoms with Gasteiger partial charge in [-0.15, -0.1) is 0 Å². The van der Waals surface area contributed by atoms with Crippen LogP contribution in [-0.4, -0.2) is 57.6 Å². The summed E-state index contributed by atoms with van der Waals surface area (Å²) in [7, 11) is 0. The number of ether oxygens (including phenoxy) is 1. The molecule has 2 atom stereocenters. The first-order valence-corrected chi connectivity index (χ1v) is 9.17. The van der Waals surface area contributed by atoms with Gasteiger partial charge in [0.05, 0.1) is 6.04 Å². The number of benzene rings is 1. The Labute approximate surface area is 159 Å². The van der Waals surface area contributed by atoms with Crippen molar-refractivity contribution in [1.29, 1.82) is 0 Å². The molecule has 1 aromatic carbocycles. The largest absolute Gasteiger partial charge is 0.480 e. The van der Waals surface area contributed by atoms with E-state index in [1.54, 1.807) is 20.8 Å². The lowest BCUT2D eigenvalue weighted by Crippen LogP contribution is -2.56. The highest BCUT2D eigenvalue weighted by molar-refractivity contribution is 5.89. The molecule has 1 unspecified atom stereocenters. The lowest BCUT2D eigenvalue weighted by atomic mass is 9.99. The maximum Gasteiger partial charge on any atom is 0.411 e. The molecule has 7 nitrogen and oxygen atoms in total. The van der Waals surface area contributed by atoms with Crippen molar-refractivity contribution in [1.82, 2.24) is 9.80 Å². The van der Waals surface area contributed by atoms with Gasteiger partial charge in [0.2, 0.25) is 5.91 Å². The van der Waals surface area contributed by atoms with Crippen LogP contribution in [0.5, 0.6) is 0 Å². The highest BCUT2D eigenvalue weighted by Crippen LogP contribution is 2.29. The smallest absolute Gasteiger partial charge is 0.411 e. The first-order chi connectivity index (χ1) is 12.6. The van der Waals surface area contributed by atoms with E-state index in [9.17, 15) is 14.4 Å². The van der Waals surface area contributed by atoms with Crippen LogP contribution in [-0.2, 0) is 14.3 Å². The van der Waals surface area contributed by atoms with Gasteiger partial charge < -0.3 is 14.7 Å². The normalized spacial score (nSPS) is 18.7. The molecule has 0 aliphatic carbocycles. The predicted octanol–water partition coefficient (Wildman–Crippen LogP) is 3.06. The molecule has 0 saturated carbocycles. The molecule has 1 fully saturated rings. The Morgan fingerprint density at radius 3 is 2.48 bits per heavy atom. The summed E-state index contributed by atoms with van der Waals surface area (Å²) in [5, 5.41) is 9.06. The predicted molar refractivity (Wildman–Crippen MR) is 100 cm³/mol. The van der Waals surface area contributed by atoms with Gasteiger partial charge in [0, 0.05) is 6.54 Å². The van der Waals surface area contributed by atoms with Crippen LogP contribution in [0.3, 0.4) is 0 Å². The Morgan fingerprint density at radius 2 is 1.93 bits per heavy atom. The molecule has 0 radical (unpaired) electrons. The molecule has 1 aromatic rings. The van der Waals surface area contributed by atoms with Crippen molar-refractivity contribution in [3.05, 3.63) is 35.9 Å². The number of likely N-dealkylation sites (tertiary alicyclic amines) is 1. The SMILES string of the molecule is CC(c1ccccc1)N(C(=O)OC(C)(C)C)[C@H]1CCCN(CC(=O)O)C1=O. The number of carbonyl (C=O) groups excluding carboxylic acids is 2. The Morgan fingerprint density at radius 1 is 1.30 bits per heavy atom. The Balaban J connectivity index is 2.34. The second-order valence-corrected chi connectivity index (χ2v) is 7.79. The molecule has 2 amide bonds. The van der Waals surface area contributed by atoms with E-state index in [1.807, 2.05) is 37.3 Å². The maximum atomic E-state index is 13.0. The second kappa shape index (κ2) is 8.41. The van der Waals surface area contributed by atoms with Gasteiger partial charge in [-0.1, -0.05) is 30.3 Å². The fourth-order valence-corrected chi connectivity index (χ4v) is 3.26. The zero-order valence-corrected chi connectivity index (χ0v) is 16.3. The number of amides is 2. The number of carbonyl (C=O) groups is 3. The molecular weight excluding hydrogens is 348 g/mol. The molecule has 1 aliphatic rings. The summed E-state index contributed by atoms with van der Waals surface area (Å²) < 4.78 is 5.56. The Kier molecular flexibility index (Phi) is 6.46. The molecule has 27 heavy (non-hydrogen) atoms. The average molecular weight is 376 g/mol. The molecule has 1 aliphatic heterocycles. The van der Waals surface area contributed by atoms with Crippen molar-refractivity contribution in [3.8, 4) is 0 Å². The van der Waals surface area contributed by atoms with E-state index in [4.69, 9.17) is 9.84 Å². The van der Waals surface area contributed by atoms with Crippen molar-refractivity contribution in [2.45, 2.75) is 58.2 Å².